The molecule has 0 bridgehead atoms. The number of nitro groups is 1. The van der Waals surface area contributed by atoms with Gasteiger partial charge >= 0.3 is 5.97 Å². The Balaban J connectivity index is 1.50. The van der Waals surface area contributed by atoms with Crippen LogP contribution in [0.25, 0.3) is 0 Å². The molecule has 9 heteroatoms. The van der Waals surface area contributed by atoms with E-state index in [0.29, 0.717) is 17.9 Å². The number of carbonyl (C=O) groups is 2. The number of esters is 1. The van der Waals surface area contributed by atoms with E-state index >= 15 is 0 Å². The molecule has 1 aromatic carbocycles. The Morgan fingerprint density at radius 1 is 1.23 bits per heavy atom. The predicted octanol–water partition coefficient (Wildman–Crippen LogP) is 3.00. The lowest BCUT2D eigenvalue weighted by Gasteiger charge is -2.14. The van der Waals surface area contributed by atoms with Crippen LogP contribution in [0.2, 0.25) is 0 Å². The third-order valence-electron chi connectivity index (χ3n) is 5.05. The Labute approximate surface area is 173 Å². The number of ether oxygens (including phenoxy) is 3. The van der Waals surface area contributed by atoms with Gasteiger partial charge in [-0.25, -0.2) is 4.79 Å². The van der Waals surface area contributed by atoms with Crippen molar-refractivity contribution < 1.29 is 28.7 Å². The molecule has 0 unspecified atom stereocenters. The summed E-state index contributed by atoms with van der Waals surface area (Å²) in [5, 5.41) is 10.6. The lowest BCUT2D eigenvalue weighted by Crippen LogP contribution is -2.20. The van der Waals surface area contributed by atoms with Crippen LogP contribution in [0.1, 0.15) is 34.6 Å². The number of nitrogens with zero attached hydrogens (tertiary/aromatic N) is 2. The van der Waals surface area contributed by atoms with Crippen LogP contribution in [0.3, 0.4) is 0 Å². The van der Waals surface area contributed by atoms with Gasteiger partial charge in [0.25, 0.3) is 5.69 Å². The molecule has 30 heavy (non-hydrogen) atoms. The van der Waals surface area contributed by atoms with Gasteiger partial charge in [0.05, 0.1) is 11.0 Å². The molecular formula is C21H24N2O7. The van der Waals surface area contributed by atoms with E-state index < -0.39 is 17.5 Å². The first kappa shape index (κ1) is 21.5. The zero-order chi connectivity index (χ0) is 21.7. The Morgan fingerprint density at radius 2 is 1.97 bits per heavy atom. The quantitative estimate of drug-likeness (QED) is 0.267. The molecule has 2 heterocycles. The van der Waals surface area contributed by atoms with Crippen molar-refractivity contribution in [2.24, 2.45) is 0 Å². The summed E-state index contributed by atoms with van der Waals surface area (Å²) in [6, 6.07) is 7.12. The minimum absolute atomic E-state index is 0.0763. The standard InChI is InChI=1S/C21H24N2O7/c1-14-10-19(15(2)22(14)11-18-4-3-9-28-18)20(24)12-30-21(25)13-29-17-7-5-16(6-8-17)23(26)27/h5-8,10,18H,3-4,9,11-13H2,1-2H3/t18-/m1/s1. The van der Waals surface area contributed by atoms with E-state index in [1.165, 1.54) is 24.3 Å². The summed E-state index contributed by atoms with van der Waals surface area (Å²) in [4.78, 5) is 34.5. The number of aromatic nitrogens is 1. The minimum atomic E-state index is -0.699. The van der Waals surface area contributed by atoms with Crippen LogP contribution in [-0.2, 0) is 20.8 Å². The third-order valence-corrected chi connectivity index (χ3v) is 5.05. The van der Waals surface area contributed by atoms with E-state index in [1.807, 2.05) is 13.8 Å². The van der Waals surface area contributed by atoms with Crippen LogP contribution in [0.15, 0.2) is 30.3 Å². The fourth-order valence-electron chi connectivity index (χ4n) is 3.43. The van der Waals surface area contributed by atoms with E-state index in [4.69, 9.17) is 14.2 Å². The van der Waals surface area contributed by atoms with E-state index in [2.05, 4.69) is 4.57 Å². The van der Waals surface area contributed by atoms with Crippen molar-refractivity contribution in [2.75, 3.05) is 19.8 Å². The fourth-order valence-corrected chi connectivity index (χ4v) is 3.43. The number of hydrogen-bond acceptors (Lipinski definition) is 7. The molecule has 0 amide bonds. The lowest BCUT2D eigenvalue weighted by atomic mass is 10.1. The third kappa shape index (κ3) is 5.24. The second-order valence-corrected chi connectivity index (χ2v) is 7.15. The zero-order valence-electron chi connectivity index (χ0n) is 17.0. The SMILES string of the molecule is Cc1cc(C(=O)COC(=O)COc2ccc([N+](=O)[O-])cc2)c(C)n1C[C@H]1CCCO1. The van der Waals surface area contributed by atoms with Crippen LogP contribution in [-0.4, -0.2) is 47.2 Å². The van der Waals surface area contributed by atoms with Crippen LogP contribution in [0, 0.1) is 24.0 Å². The molecule has 2 aromatic rings. The maximum absolute atomic E-state index is 12.5. The molecule has 1 saturated heterocycles. The highest BCUT2D eigenvalue weighted by atomic mass is 16.6. The molecule has 1 aromatic heterocycles. The van der Waals surface area contributed by atoms with E-state index in [-0.39, 0.29) is 24.2 Å². The van der Waals surface area contributed by atoms with Crippen molar-refractivity contribution in [2.45, 2.75) is 39.3 Å². The minimum Gasteiger partial charge on any atom is -0.482 e. The highest BCUT2D eigenvalue weighted by molar-refractivity contribution is 5.99. The fraction of sp³-hybridized carbons (Fsp3) is 0.429. The molecule has 0 spiro atoms. The van der Waals surface area contributed by atoms with Gasteiger partial charge in [0.15, 0.2) is 13.2 Å². The monoisotopic (exact) mass is 416 g/mol. The van der Waals surface area contributed by atoms with E-state index in [1.54, 1.807) is 6.07 Å². The maximum atomic E-state index is 12.5. The molecule has 1 aliphatic rings. The van der Waals surface area contributed by atoms with Gasteiger partial charge in [-0.2, -0.15) is 0 Å². The number of benzene rings is 1. The van der Waals surface area contributed by atoms with Crippen LogP contribution < -0.4 is 4.74 Å². The molecule has 1 fully saturated rings. The molecule has 1 aliphatic heterocycles. The van der Waals surface area contributed by atoms with Gasteiger partial charge in [0, 0.05) is 42.2 Å². The van der Waals surface area contributed by atoms with Gasteiger partial charge in [-0.3, -0.25) is 14.9 Å². The summed E-state index contributed by atoms with van der Waals surface area (Å²) >= 11 is 0. The maximum Gasteiger partial charge on any atom is 0.344 e. The Hall–Kier alpha value is -3.20. The Morgan fingerprint density at radius 3 is 2.60 bits per heavy atom. The highest BCUT2D eigenvalue weighted by Crippen LogP contribution is 2.21. The zero-order valence-corrected chi connectivity index (χ0v) is 17.0. The molecule has 160 valence electrons. The van der Waals surface area contributed by atoms with Crippen LogP contribution in [0.5, 0.6) is 5.75 Å². The van der Waals surface area contributed by atoms with Gasteiger partial charge in [0.1, 0.15) is 5.75 Å². The van der Waals surface area contributed by atoms with Crippen LogP contribution in [0.4, 0.5) is 5.69 Å². The molecule has 0 aliphatic carbocycles. The molecule has 0 radical (unpaired) electrons. The van der Waals surface area contributed by atoms with Gasteiger partial charge in [-0.15, -0.1) is 0 Å². The Kier molecular flexibility index (Phi) is 6.83. The topological polar surface area (TPSA) is 110 Å². The summed E-state index contributed by atoms with van der Waals surface area (Å²) < 4.78 is 18.0. The van der Waals surface area contributed by atoms with Gasteiger partial charge < -0.3 is 18.8 Å². The highest BCUT2D eigenvalue weighted by Gasteiger charge is 2.21. The lowest BCUT2D eigenvalue weighted by molar-refractivity contribution is -0.384. The first-order valence-electron chi connectivity index (χ1n) is 9.69. The first-order chi connectivity index (χ1) is 14.3. The molecule has 0 saturated carbocycles. The predicted molar refractivity (Wildman–Crippen MR) is 107 cm³/mol. The second-order valence-electron chi connectivity index (χ2n) is 7.15. The van der Waals surface area contributed by atoms with Crippen molar-refractivity contribution in [1.82, 2.24) is 4.57 Å². The van der Waals surface area contributed by atoms with E-state index in [9.17, 15) is 19.7 Å². The van der Waals surface area contributed by atoms with Crippen molar-refractivity contribution >= 4 is 17.4 Å². The summed E-state index contributed by atoms with van der Waals surface area (Å²) in [5.41, 5.74) is 2.23. The van der Waals surface area contributed by atoms with Gasteiger partial charge in [0.2, 0.25) is 5.78 Å². The van der Waals surface area contributed by atoms with Gasteiger partial charge in [-0.05, 0) is 44.9 Å². The van der Waals surface area contributed by atoms with Crippen molar-refractivity contribution in [3.05, 3.63) is 57.4 Å². The second kappa shape index (κ2) is 9.53. The summed E-state index contributed by atoms with van der Waals surface area (Å²) in [6.45, 7) is 4.49. The number of aryl methyl sites for hydroxylation is 1. The van der Waals surface area contributed by atoms with Gasteiger partial charge in [-0.1, -0.05) is 0 Å². The number of rotatable bonds is 9. The smallest absolute Gasteiger partial charge is 0.344 e. The summed E-state index contributed by atoms with van der Waals surface area (Å²) in [5.74, 6) is -0.693. The largest absolute Gasteiger partial charge is 0.482 e. The molecule has 3 rings (SSSR count). The molecular weight excluding hydrogens is 392 g/mol. The Bertz CT molecular complexity index is 928. The average Bonchev–Trinajstić information content (AvgIpc) is 3.34. The normalized spacial score (nSPS) is 15.7. The van der Waals surface area contributed by atoms with Crippen molar-refractivity contribution in [3.63, 3.8) is 0 Å². The number of hydrogen-bond donors (Lipinski definition) is 0. The van der Waals surface area contributed by atoms with Crippen LogP contribution >= 0.6 is 0 Å². The van der Waals surface area contributed by atoms with Crippen molar-refractivity contribution in [1.29, 1.82) is 0 Å². The van der Waals surface area contributed by atoms with Crippen molar-refractivity contribution in [3.8, 4) is 5.75 Å². The summed E-state index contributed by atoms with van der Waals surface area (Å²) in [6.07, 6.45) is 2.22. The molecule has 0 N–H and O–H groups in total. The molecule has 1 atom stereocenters. The number of nitro benzene ring substituents is 1. The number of ketones is 1. The van der Waals surface area contributed by atoms with E-state index in [0.717, 1.165) is 30.8 Å². The number of non-ortho nitro benzene ring substituents is 1. The first-order valence-corrected chi connectivity index (χ1v) is 9.69. The average molecular weight is 416 g/mol. The summed E-state index contributed by atoms with van der Waals surface area (Å²) in [7, 11) is 0. The molecule has 9 nitrogen and oxygen atoms in total. The number of carbonyl (C=O) groups excluding carboxylic acids is 2. The number of Topliss-reactive ketones (excluding diaryl/α,β-unsaturated/α-hetero) is 1.